The Morgan fingerprint density at radius 2 is 1.00 bits per heavy atom. The van der Waals surface area contributed by atoms with Crippen LogP contribution < -0.4 is 0 Å². The van der Waals surface area contributed by atoms with E-state index in [0.717, 1.165) is 0 Å². The fourth-order valence-electron chi connectivity index (χ4n) is 1.39. The standard InChI is InChI=1S/C12H26O5/c1-11(2,15-9-7-13-5)17-12(3,4)16-10-8-14-6/h7-10H2,1-6H3. The molecule has 0 fully saturated rings. The van der Waals surface area contributed by atoms with Gasteiger partial charge < -0.3 is 23.7 Å². The van der Waals surface area contributed by atoms with E-state index in [0.29, 0.717) is 26.4 Å². The molecule has 0 aromatic carbocycles. The molecule has 0 saturated heterocycles. The average molecular weight is 250 g/mol. The Labute approximate surface area is 104 Å². The fourth-order valence-corrected chi connectivity index (χ4v) is 1.39. The Morgan fingerprint density at radius 1 is 0.647 bits per heavy atom. The van der Waals surface area contributed by atoms with Gasteiger partial charge in [0.2, 0.25) is 0 Å². The summed E-state index contributed by atoms with van der Waals surface area (Å²) in [5.41, 5.74) is 0. The predicted octanol–water partition coefficient (Wildman–Crippen LogP) is 1.80. The molecule has 0 heterocycles. The van der Waals surface area contributed by atoms with Crippen molar-refractivity contribution in [3.05, 3.63) is 0 Å². The van der Waals surface area contributed by atoms with Gasteiger partial charge in [-0.2, -0.15) is 0 Å². The van der Waals surface area contributed by atoms with Crippen LogP contribution in [0.2, 0.25) is 0 Å². The molecule has 17 heavy (non-hydrogen) atoms. The van der Waals surface area contributed by atoms with Crippen LogP contribution in [0.5, 0.6) is 0 Å². The summed E-state index contributed by atoms with van der Waals surface area (Å²) in [5.74, 6) is -1.43. The molecule has 0 N–H and O–H groups in total. The van der Waals surface area contributed by atoms with Gasteiger partial charge in [0.1, 0.15) is 0 Å². The third kappa shape index (κ3) is 9.50. The molecule has 0 amide bonds. The maximum atomic E-state index is 5.76. The van der Waals surface area contributed by atoms with Crippen LogP contribution in [0.1, 0.15) is 27.7 Å². The van der Waals surface area contributed by atoms with Gasteiger partial charge in [-0.3, -0.25) is 0 Å². The van der Waals surface area contributed by atoms with Crippen LogP contribution in [0.15, 0.2) is 0 Å². The van der Waals surface area contributed by atoms with Crippen molar-refractivity contribution in [2.45, 2.75) is 39.3 Å². The summed E-state index contributed by atoms with van der Waals surface area (Å²) >= 11 is 0. The first-order valence-corrected chi connectivity index (χ1v) is 5.79. The molecule has 0 bridgehead atoms. The maximum Gasteiger partial charge on any atom is 0.166 e. The number of methoxy groups -OCH3 is 2. The highest BCUT2D eigenvalue weighted by molar-refractivity contribution is 4.62. The smallest absolute Gasteiger partial charge is 0.166 e. The zero-order chi connectivity index (χ0) is 13.4. The van der Waals surface area contributed by atoms with Crippen molar-refractivity contribution in [3.63, 3.8) is 0 Å². The molecule has 104 valence electrons. The molecule has 0 aliphatic heterocycles. The zero-order valence-corrected chi connectivity index (χ0v) is 11.9. The van der Waals surface area contributed by atoms with Gasteiger partial charge >= 0.3 is 0 Å². The summed E-state index contributed by atoms with van der Waals surface area (Å²) in [5, 5.41) is 0. The third-order valence-electron chi connectivity index (χ3n) is 1.97. The Kier molecular flexibility index (Phi) is 7.91. The van der Waals surface area contributed by atoms with Crippen molar-refractivity contribution >= 4 is 0 Å². The highest BCUT2D eigenvalue weighted by Gasteiger charge is 2.30. The molecule has 5 heteroatoms. The molecule has 0 rings (SSSR count). The van der Waals surface area contributed by atoms with Crippen molar-refractivity contribution in [1.82, 2.24) is 0 Å². The van der Waals surface area contributed by atoms with E-state index in [-0.39, 0.29) is 0 Å². The van der Waals surface area contributed by atoms with E-state index in [2.05, 4.69) is 0 Å². The summed E-state index contributed by atoms with van der Waals surface area (Å²) in [6.07, 6.45) is 0. The molecule has 0 spiro atoms. The summed E-state index contributed by atoms with van der Waals surface area (Å²) in [6, 6.07) is 0. The third-order valence-corrected chi connectivity index (χ3v) is 1.97. The summed E-state index contributed by atoms with van der Waals surface area (Å²) in [6.45, 7) is 9.45. The van der Waals surface area contributed by atoms with Gasteiger partial charge in [-0.05, 0) is 27.7 Å². The molecule has 0 radical (unpaired) electrons. The van der Waals surface area contributed by atoms with Gasteiger partial charge in [0.05, 0.1) is 26.4 Å². The SMILES string of the molecule is COCCOC(C)(C)OC(C)(C)OCCOC. The highest BCUT2D eigenvalue weighted by Crippen LogP contribution is 2.22. The van der Waals surface area contributed by atoms with Crippen molar-refractivity contribution < 1.29 is 23.7 Å². The van der Waals surface area contributed by atoms with E-state index < -0.39 is 11.6 Å². The van der Waals surface area contributed by atoms with Crippen LogP contribution in [0.4, 0.5) is 0 Å². The molecular weight excluding hydrogens is 224 g/mol. The minimum Gasteiger partial charge on any atom is -0.382 e. The maximum absolute atomic E-state index is 5.76. The number of rotatable bonds is 10. The van der Waals surface area contributed by atoms with Gasteiger partial charge in [-0.25, -0.2) is 0 Å². The Bertz CT molecular complexity index is 171. The monoisotopic (exact) mass is 250 g/mol. The minimum absolute atomic E-state index is 0.484. The fraction of sp³-hybridized carbons (Fsp3) is 1.00. The number of hydrogen-bond donors (Lipinski definition) is 0. The molecule has 0 aliphatic carbocycles. The molecular formula is C12H26O5. The van der Waals surface area contributed by atoms with Gasteiger partial charge in [-0.15, -0.1) is 0 Å². The minimum atomic E-state index is -0.713. The number of hydrogen-bond acceptors (Lipinski definition) is 5. The van der Waals surface area contributed by atoms with Crippen LogP contribution in [-0.2, 0) is 23.7 Å². The van der Waals surface area contributed by atoms with Crippen molar-refractivity contribution in [3.8, 4) is 0 Å². The van der Waals surface area contributed by atoms with Gasteiger partial charge in [0, 0.05) is 14.2 Å². The Balaban J connectivity index is 3.99. The van der Waals surface area contributed by atoms with Gasteiger partial charge in [-0.1, -0.05) is 0 Å². The molecule has 0 aromatic rings. The lowest BCUT2D eigenvalue weighted by Gasteiger charge is -2.35. The largest absolute Gasteiger partial charge is 0.382 e. The van der Waals surface area contributed by atoms with Crippen molar-refractivity contribution in [1.29, 1.82) is 0 Å². The van der Waals surface area contributed by atoms with E-state index in [4.69, 9.17) is 23.7 Å². The molecule has 0 saturated carbocycles. The quantitative estimate of drug-likeness (QED) is 0.437. The van der Waals surface area contributed by atoms with E-state index in [1.165, 1.54) is 0 Å². The lowest BCUT2D eigenvalue weighted by molar-refractivity contribution is -0.336. The molecule has 0 unspecified atom stereocenters. The van der Waals surface area contributed by atoms with Gasteiger partial charge in [0.15, 0.2) is 11.6 Å². The Morgan fingerprint density at radius 3 is 1.29 bits per heavy atom. The molecule has 0 atom stereocenters. The van der Waals surface area contributed by atoms with Crippen molar-refractivity contribution in [2.75, 3.05) is 40.6 Å². The lowest BCUT2D eigenvalue weighted by atomic mass is 10.3. The van der Waals surface area contributed by atoms with Crippen molar-refractivity contribution in [2.24, 2.45) is 0 Å². The number of ether oxygens (including phenoxy) is 5. The second-order valence-electron chi connectivity index (χ2n) is 4.58. The normalized spacial score (nSPS) is 13.1. The van der Waals surface area contributed by atoms with E-state index in [1.807, 2.05) is 27.7 Å². The second-order valence-corrected chi connectivity index (χ2v) is 4.58. The van der Waals surface area contributed by atoms with E-state index in [1.54, 1.807) is 14.2 Å². The van der Waals surface area contributed by atoms with Gasteiger partial charge in [0.25, 0.3) is 0 Å². The van der Waals surface area contributed by atoms with Crippen LogP contribution in [0, 0.1) is 0 Å². The molecule has 0 aliphatic rings. The average Bonchev–Trinajstić information content (AvgIpc) is 2.16. The zero-order valence-electron chi connectivity index (χ0n) is 11.9. The van der Waals surface area contributed by atoms with E-state index >= 15 is 0 Å². The summed E-state index contributed by atoms with van der Waals surface area (Å²) in [4.78, 5) is 0. The molecule has 0 aromatic heterocycles. The topological polar surface area (TPSA) is 46.2 Å². The van der Waals surface area contributed by atoms with Crippen LogP contribution >= 0.6 is 0 Å². The van der Waals surface area contributed by atoms with E-state index in [9.17, 15) is 0 Å². The molecule has 5 nitrogen and oxygen atoms in total. The van der Waals surface area contributed by atoms with Crippen LogP contribution in [-0.4, -0.2) is 52.2 Å². The first-order valence-electron chi connectivity index (χ1n) is 5.79. The second kappa shape index (κ2) is 8.00. The predicted molar refractivity (Wildman–Crippen MR) is 64.9 cm³/mol. The van der Waals surface area contributed by atoms with Crippen LogP contribution in [0.3, 0.4) is 0 Å². The first kappa shape index (κ1) is 16.8. The lowest BCUT2D eigenvalue weighted by Crippen LogP contribution is -2.41. The highest BCUT2D eigenvalue weighted by atomic mass is 16.8. The summed E-state index contributed by atoms with van der Waals surface area (Å²) < 4.78 is 26.7. The Hall–Kier alpha value is -0.200. The first-order chi connectivity index (χ1) is 7.83. The van der Waals surface area contributed by atoms with Crippen LogP contribution in [0.25, 0.3) is 0 Å². The summed E-state index contributed by atoms with van der Waals surface area (Å²) in [7, 11) is 3.27.